The fourth-order valence-corrected chi connectivity index (χ4v) is 3.99. The minimum Gasteiger partial charge on any atom is -0.411 e. The molecule has 12 heteroatoms. The summed E-state index contributed by atoms with van der Waals surface area (Å²) in [4.78, 5) is 22.5. The third-order valence-electron chi connectivity index (χ3n) is 5.47. The van der Waals surface area contributed by atoms with Crippen molar-refractivity contribution in [3.05, 3.63) is 71.3 Å². The summed E-state index contributed by atoms with van der Waals surface area (Å²) in [6.07, 6.45) is 3.80. The van der Waals surface area contributed by atoms with E-state index in [2.05, 4.69) is 35.5 Å². The number of aromatic amines is 2. The summed E-state index contributed by atoms with van der Waals surface area (Å²) < 4.78 is 21.3. The molecule has 0 aliphatic carbocycles. The molecule has 5 aromatic heterocycles. The van der Waals surface area contributed by atoms with Gasteiger partial charge in [-0.1, -0.05) is 0 Å². The maximum atomic E-state index is 14.3. The van der Waals surface area contributed by atoms with Crippen LogP contribution in [0.1, 0.15) is 39.5 Å². The number of aromatic nitrogens is 8. The lowest BCUT2D eigenvalue weighted by atomic mass is 9.99. The zero-order valence-corrected chi connectivity index (χ0v) is 16.8. The number of hydrogen-bond donors (Lipinski definition) is 2. The van der Waals surface area contributed by atoms with Gasteiger partial charge in [-0.05, 0) is 31.2 Å². The third-order valence-corrected chi connectivity index (χ3v) is 5.47. The molecule has 1 aliphatic rings. The van der Waals surface area contributed by atoms with Gasteiger partial charge in [0.15, 0.2) is 0 Å². The van der Waals surface area contributed by atoms with E-state index in [1.165, 1.54) is 10.6 Å². The minimum absolute atomic E-state index is 0.140. The van der Waals surface area contributed by atoms with Crippen LogP contribution >= 0.6 is 0 Å². The average Bonchev–Trinajstić information content (AvgIpc) is 3.57. The Morgan fingerprint density at radius 3 is 3.03 bits per heavy atom. The van der Waals surface area contributed by atoms with Crippen molar-refractivity contribution in [1.82, 2.24) is 44.9 Å². The fraction of sp³-hybridized carbons (Fsp3) is 0.200. The Labute approximate surface area is 179 Å². The Morgan fingerprint density at radius 1 is 1.31 bits per heavy atom. The van der Waals surface area contributed by atoms with Gasteiger partial charge in [-0.3, -0.25) is 9.89 Å². The number of H-pyrrole nitrogens is 2. The minimum atomic E-state index is -0.639. The number of carbonyl (C=O) groups is 1. The number of imidazole rings is 1. The molecule has 5 aromatic rings. The number of halogens is 1. The highest BCUT2D eigenvalue weighted by Gasteiger charge is 2.38. The molecule has 0 saturated carbocycles. The second-order valence-electron chi connectivity index (χ2n) is 7.52. The van der Waals surface area contributed by atoms with Gasteiger partial charge in [0.25, 0.3) is 5.89 Å². The number of nitrogens with zero attached hydrogens (tertiary/aromatic N) is 7. The third kappa shape index (κ3) is 2.80. The summed E-state index contributed by atoms with van der Waals surface area (Å²) in [6.45, 7) is 2.21. The normalized spacial score (nSPS) is 15.9. The SMILES string of the molecule is Cc1cc(-c2nnc(C(=O)N3CCc4[nH]cnc4[C@H]3c3cc4c(F)cccn4n3)o2)n[nH]1. The maximum absolute atomic E-state index is 14.3. The van der Waals surface area contributed by atoms with Crippen molar-refractivity contribution in [2.45, 2.75) is 19.4 Å². The highest BCUT2D eigenvalue weighted by Crippen LogP contribution is 2.34. The van der Waals surface area contributed by atoms with Crippen LogP contribution in [0.3, 0.4) is 0 Å². The maximum Gasteiger partial charge on any atom is 0.312 e. The van der Waals surface area contributed by atoms with Crippen molar-refractivity contribution >= 4 is 11.4 Å². The van der Waals surface area contributed by atoms with Crippen LogP contribution in [-0.2, 0) is 6.42 Å². The van der Waals surface area contributed by atoms with E-state index in [9.17, 15) is 9.18 Å². The topological polar surface area (TPSA) is 134 Å². The summed E-state index contributed by atoms with van der Waals surface area (Å²) in [7, 11) is 0. The molecule has 1 aliphatic heterocycles. The smallest absolute Gasteiger partial charge is 0.312 e. The number of amides is 1. The lowest BCUT2D eigenvalue weighted by Crippen LogP contribution is -2.41. The van der Waals surface area contributed by atoms with Gasteiger partial charge in [-0.15, -0.1) is 10.2 Å². The summed E-state index contributed by atoms with van der Waals surface area (Å²) in [6, 6.07) is 5.66. The van der Waals surface area contributed by atoms with Gasteiger partial charge < -0.3 is 14.3 Å². The van der Waals surface area contributed by atoms with E-state index in [1.54, 1.807) is 35.6 Å². The Morgan fingerprint density at radius 2 is 2.22 bits per heavy atom. The average molecular weight is 433 g/mol. The number of rotatable bonds is 3. The van der Waals surface area contributed by atoms with E-state index >= 15 is 0 Å². The van der Waals surface area contributed by atoms with Crippen LogP contribution in [-0.4, -0.2) is 57.3 Å². The Hall–Kier alpha value is -4.35. The van der Waals surface area contributed by atoms with Crippen molar-refractivity contribution in [2.24, 2.45) is 0 Å². The second kappa shape index (κ2) is 6.83. The number of aryl methyl sites for hydroxylation is 1. The Kier molecular flexibility index (Phi) is 3.93. The van der Waals surface area contributed by atoms with Crippen LogP contribution in [0.4, 0.5) is 4.39 Å². The van der Waals surface area contributed by atoms with Crippen molar-refractivity contribution in [3.8, 4) is 11.6 Å². The van der Waals surface area contributed by atoms with Gasteiger partial charge in [0.05, 0.1) is 17.7 Å². The second-order valence-corrected chi connectivity index (χ2v) is 7.52. The van der Waals surface area contributed by atoms with Gasteiger partial charge in [0, 0.05) is 30.6 Å². The van der Waals surface area contributed by atoms with Gasteiger partial charge in [-0.2, -0.15) is 10.2 Å². The summed E-state index contributed by atoms with van der Waals surface area (Å²) in [5.74, 6) is -0.897. The van der Waals surface area contributed by atoms with Gasteiger partial charge in [0.1, 0.15) is 23.1 Å². The molecule has 1 amide bonds. The molecule has 0 radical (unpaired) electrons. The quantitative estimate of drug-likeness (QED) is 0.445. The van der Waals surface area contributed by atoms with Crippen LogP contribution in [0.15, 0.2) is 41.2 Å². The molecule has 0 unspecified atom stereocenters. The number of nitrogens with one attached hydrogen (secondary N) is 2. The van der Waals surface area contributed by atoms with Crippen LogP contribution in [0.25, 0.3) is 17.1 Å². The van der Waals surface area contributed by atoms with E-state index in [0.717, 1.165) is 11.4 Å². The Balaban J connectivity index is 1.41. The molecule has 1 atom stereocenters. The van der Waals surface area contributed by atoms with Crippen LogP contribution in [0.5, 0.6) is 0 Å². The predicted molar refractivity (Wildman–Crippen MR) is 107 cm³/mol. The van der Waals surface area contributed by atoms with Crippen molar-refractivity contribution in [3.63, 3.8) is 0 Å². The highest BCUT2D eigenvalue weighted by molar-refractivity contribution is 5.90. The van der Waals surface area contributed by atoms with Gasteiger partial charge in [0.2, 0.25) is 0 Å². The number of fused-ring (bicyclic) bond motifs is 2. The lowest BCUT2D eigenvalue weighted by molar-refractivity contribution is 0.0646. The Bertz CT molecular complexity index is 1460. The van der Waals surface area contributed by atoms with Crippen molar-refractivity contribution in [2.75, 3.05) is 6.54 Å². The first-order chi connectivity index (χ1) is 15.6. The number of hydrogen-bond acceptors (Lipinski definition) is 7. The number of pyridine rings is 1. The first kappa shape index (κ1) is 18.4. The zero-order valence-electron chi connectivity index (χ0n) is 16.8. The van der Waals surface area contributed by atoms with E-state index in [0.29, 0.717) is 35.6 Å². The molecule has 0 saturated heterocycles. The van der Waals surface area contributed by atoms with Crippen LogP contribution in [0.2, 0.25) is 0 Å². The zero-order chi connectivity index (χ0) is 21.8. The summed E-state index contributed by atoms with van der Waals surface area (Å²) >= 11 is 0. The standard InChI is InChI=1S/C20H16FN9O2/c1-10-7-14(25-24-10)18-26-27-19(32-18)20(31)29-6-4-12-16(23-9-22-12)17(29)13-8-15-11(21)3-2-5-30(15)28-13/h2-3,5,7-9,17H,4,6H2,1H3,(H,22,23)(H,24,25)/t17-/m1/s1. The largest absolute Gasteiger partial charge is 0.411 e. The molecule has 6 heterocycles. The molecule has 0 aromatic carbocycles. The molecule has 0 bridgehead atoms. The van der Waals surface area contributed by atoms with Crippen LogP contribution in [0, 0.1) is 12.7 Å². The van der Waals surface area contributed by atoms with Gasteiger partial charge in [-0.25, -0.2) is 13.9 Å². The first-order valence-electron chi connectivity index (χ1n) is 9.91. The highest BCUT2D eigenvalue weighted by atomic mass is 19.1. The van der Waals surface area contributed by atoms with Crippen molar-refractivity contribution < 1.29 is 13.6 Å². The van der Waals surface area contributed by atoms with E-state index in [-0.39, 0.29) is 11.8 Å². The summed E-state index contributed by atoms with van der Waals surface area (Å²) in [5, 5.41) is 19.3. The molecular weight excluding hydrogens is 417 g/mol. The summed E-state index contributed by atoms with van der Waals surface area (Å²) in [5.41, 5.74) is 3.62. The molecule has 32 heavy (non-hydrogen) atoms. The molecular formula is C20H16FN9O2. The van der Waals surface area contributed by atoms with E-state index in [4.69, 9.17) is 4.42 Å². The molecule has 6 rings (SSSR count). The fourth-order valence-electron chi connectivity index (χ4n) is 3.99. The van der Waals surface area contributed by atoms with E-state index < -0.39 is 17.8 Å². The first-order valence-corrected chi connectivity index (χ1v) is 9.91. The van der Waals surface area contributed by atoms with Gasteiger partial charge >= 0.3 is 11.8 Å². The lowest BCUT2D eigenvalue weighted by Gasteiger charge is -2.32. The molecule has 160 valence electrons. The van der Waals surface area contributed by atoms with Crippen molar-refractivity contribution in [1.29, 1.82) is 0 Å². The van der Waals surface area contributed by atoms with E-state index in [1.807, 2.05) is 6.92 Å². The van der Waals surface area contributed by atoms with Crippen LogP contribution < -0.4 is 0 Å². The number of carbonyl (C=O) groups excluding carboxylic acids is 1. The molecule has 0 spiro atoms. The predicted octanol–water partition coefficient (Wildman–Crippen LogP) is 2.07. The molecule has 0 fully saturated rings. The monoisotopic (exact) mass is 433 g/mol. The molecule has 11 nitrogen and oxygen atoms in total. The molecule has 2 N–H and O–H groups in total.